The van der Waals surface area contributed by atoms with E-state index in [4.69, 9.17) is 19.5 Å². The van der Waals surface area contributed by atoms with Gasteiger partial charge in [0.05, 0.1) is 28.3 Å². The molecule has 3 amide bonds. The number of aliphatic hydroxyl groups excluding tert-OH is 1. The van der Waals surface area contributed by atoms with Gasteiger partial charge >= 0.3 is 6.09 Å². The Kier molecular flexibility index (Phi) is 14.3. The van der Waals surface area contributed by atoms with Crippen LogP contribution in [-0.4, -0.2) is 98.2 Å². The fraction of sp³-hybridized carbons (Fsp3) is 0.465. The first-order valence-corrected chi connectivity index (χ1v) is 22.2. The lowest BCUT2D eigenvalue weighted by Gasteiger charge is -2.46. The van der Waals surface area contributed by atoms with Gasteiger partial charge in [-0.25, -0.2) is 24.5 Å². The normalized spacial score (nSPS) is 19.9. The number of hydrazine groups is 1. The Morgan fingerprint density at radius 3 is 2.52 bits per heavy atom. The molecule has 2 aliphatic rings. The summed E-state index contributed by atoms with van der Waals surface area (Å²) in [7, 11) is 1.58. The SMILES string of the molecule is COc1cc(C)c(S(=O)ONC(N)=NCCCC(NC(=O)[C@@H]2CCN3CC[C@](Cc4ccccc4)(NC(=O)OC(C)(C)C)C(=O)N23)C(O)c2nc3ccccc3s2)c(C)c1C. The van der Waals surface area contributed by atoms with Gasteiger partial charge in [-0.1, -0.05) is 42.5 Å². The van der Waals surface area contributed by atoms with Gasteiger partial charge < -0.3 is 30.9 Å². The molecular weight excluding hydrogens is 821 g/mol. The Morgan fingerprint density at radius 2 is 1.82 bits per heavy atom. The van der Waals surface area contributed by atoms with Crippen LogP contribution >= 0.6 is 11.3 Å². The van der Waals surface area contributed by atoms with Crippen LogP contribution in [0.2, 0.25) is 0 Å². The number of ether oxygens (including phenoxy) is 2. The van der Waals surface area contributed by atoms with Gasteiger partial charge in [0.25, 0.3) is 5.91 Å². The third-order valence-electron chi connectivity index (χ3n) is 10.9. The van der Waals surface area contributed by atoms with Crippen LogP contribution < -0.4 is 26.6 Å². The molecule has 16 nitrogen and oxygen atoms in total. The zero-order valence-electron chi connectivity index (χ0n) is 35.7. The summed E-state index contributed by atoms with van der Waals surface area (Å²) in [6.45, 7) is 11.8. The minimum absolute atomic E-state index is 0.102. The summed E-state index contributed by atoms with van der Waals surface area (Å²) in [4.78, 5) is 51.9. The van der Waals surface area contributed by atoms with Gasteiger partial charge in [-0.15, -0.1) is 11.3 Å². The third kappa shape index (κ3) is 10.7. The number of guanidine groups is 1. The number of nitrogens with one attached hydrogen (secondary N) is 3. The van der Waals surface area contributed by atoms with E-state index < -0.39 is 58.3 Å². The van der Waals surface area contributed by atoms with E-state index in [2.05, 4.69) is 26.1 Å². The van der Waals surface area contributed by atoms with Gasteiger partial charge in [-0.3, -0.25) is 19.6 Å². The van der Waals surface area contributed by atoms with Crippen molar-refractivity contribution in [2.75, 3.05) is 26.7 Å². The Balaban J connectivity index is 1.17. The molecule has 6 N–H and O–H groups in total. The quantitative estimate of drug-likeness (QED) is 0.0472. The lowest BCUT2D eigenvalue weighted by Crippen LogP contribution is -2.70. The van der Waals surface area contributed by atoms with E-state index in [0.29, 0.717) is 48.0 Å². The summed E-state index contributed by atoms with van der Waals surface area (Å²) in [6.07, 6.45) is -0.427. The molecule has 3 unspecified atom stereocenters. The molecule has 6 rings (SSSR count). The van der Waals surface area contributed by atoms with E-state index in [0.717, 1.165) is 32.5 Å². The van der Waals surface area contributed by atoms with Crippen LogP contribution in [0.4, 0.5) is 4.79 Å². The zero-order valence-corrected chi connectivity index (χ0v) is 37.3. The van der Waals surface area contributed by atoms with Crippen LogP contribution in [0.15, 0.2) is 70.6 Å². The highest BCUT2D eigenvalue weighted by atomic mass is 32.2. The standard InChI is InChI=1S/C43H56N8O8S2/c1-26-24-33(57-7)27(2)28(3)36(26)61(56)59-49-40(44)45-21-13-17-31(35(52)38-47-30-16-11-12-18-34(30)60-38)46-37(53)32-19-22-50-23-20-43(39(54)51(32)50,25-29-14-9-8-10-15-29)48-41(55)58-42(4,5)6/h8-12,14-16,18,24,31-32,35,52H,13,17,19-23,25H2,1-7H3,(H,46,53)(H,48,55)(H3,44,45,49)/t31?,32-,35?,43+,61?/m0/s1. The van der Waals surface area contributed by atoms with Crippen molar-refractivity contribution in [1.29, 1.82) is 0 Å². The molecule has 3 aromatic carbocycles. The number of nitrogens with zero attached hydrogens (tertiary/aromatic N) is 4. The summed E-state index contributed by atoms with van der Waals surface area (Å²) in [5.41, 5.74) is 10.3. The maximum absolute atomic E-state index is 14.7. The fourth-order valence-electron chi connectivity index (χ4n) is 7.78. The van der Waals surface area contributed by atoms with Crippen molar-refractivity contribution in [1.82, 2.24) is 31.1 Å². The van der Waals surface area contributed by atoms with Crippen molar-refractivity contribution in [2.45, 2.75) is 108 Å². The number of aliphatic imine (C=N–C) groups is 1. The van der Waals surface area contributed by atoms with Crippen LogP contribution in [0.1, 0.15) is 79.8 Å². The molecule has 0 bridgehead atoms. The second-order valence-corrected chi connectivity index (χ2v) is 18.5. The molecule has 2 fully saturated rings. The number of hydroxylamine groups is 1. The summed E-state index contributed by atoms with van der Waals surface area (Å²) >= 11 is -0.575. The predicted molar refractivity (Wildman–Crippen MR) is 234 cm³/mol. The summed E-state index contributed by atoms with van der Waals surface area (Å²) in [5, 5.41) is 21.5. The van der Waals surface area contributed by atoms with Crippen molar-refractivity contribution >= 4 is 56.5 Å². The van der Waals surface area contributed by atoms with E-state index in [1.54, 1.807) is 33.9 Å². The topological polar surface area (TPSA) is 210 Å². The van der Waals surface area contributed by atoms with E-state index in [-0.39, 0.29) is 25.3 Å². The zero-order chi connectivity index (χ0) is 44.1. The largest absolute Gasteiger partial charge is 0.496 e. The number of methoxy groups -OCH3 is 1. The number of fused-ring (bicyclic) bond motifs is 2. The Labute approximate surface area is 362 Å². The molecule has 0 saturated carbocycles. The summed E-state index contributed by atoms with van der Waals surface area (Å²) < 4.78 is 30.4. The van der Waals surface area contributed by atoms with Gasteiger partial charge in [0, 0.05) is 26.1 Å². The highest BCUT2D eigenvalue weighted by Crippen LogP contribution is 2.35. The first-order valence-electron chi connectivity index (χ1n) is 20.3. The van der Waals surface area contributed by atoms with Gasteiger partial charge in [0.15, 0.2) is 0 Å². The number of hydrogen-bond donors (Lipinski definition) is 5. The Morgan fingerprint density at radius 1 is 1.10 bits per heavy atom. The third-order valence-corrected chi connectivity index (χ3v) is 13.2. The number of amides is 3. The van der Waals surface area contributed by atoms with Gasteiger partial charge in [-0.2, -0.15) is 4.28 Å². The predicted octanol–water partition coefficient (Wildman–Crippen LogP) is 4.82. The molecule has 3 heterocycles. The molecular formula is C43H56N8O8S2. The second-order valence-electron chi connectivity index (χ2n) is 16.4. The molecule has 0 aliphatic carbocycles. The van der Waals surface area contributed by atoms with Gasteiger partial charge in [0.1, 0.15) is 34.0 Å². The van der Waals surface area contributed by atoms with E-state index >= 15 is 0 Å². The summed E-state index contributed by atoms with van der Waals surface area (Å²) in [5.74, 6) is -0.281. The molecule has 1 aromatic heterocycles. The number of para-hydroxylation sites is 1. The molecule has 18 heteroatoms. The first kappa shape index (κ1) is 45.4. The number of nitrogens with two attached hydrogens (primary N) is 1. The maximum Gasteiger partial charge on any atom is 0.408 e. The van der Waals surface area contributed by atoms with Crippen molar-refractivity contribution in [3.8, 4) is 5.75 Å². The number of aliphatic hydroxyl groups is 1. The monoisotopic (exact) mass is 876 g/mol. The minimum atomic E-state index is -1.91. The van der Waals surface area contributed by atoms with Crippen LogP contribution in [0.25, 0.3) is 10.2 Å². The smallest absolute Gasteiger partial charge is 0.408 e. The highest BCUT2D eigenvalue weighted by Gasteiger charge is 2.54. The van der Waals surface area contributed by atoms with Crippen LogP contribution in [0.5, 0.6) is 5.75 Å². The number of rotatable bonds is 15. The van der Waals surface area contributed by atoms with E-state index in [1.807, 2.05) is 80.4 Å². The average Bonchev–Trinajstić information content (AvgIpc) is 3.86. The molecule has 0 spiro atoms. The molecule has 4 aromatic rings. The molecule has 2 aliphatic heterocycles. The summed E-state index contributed by atoms with van der Waals surface area (Å²) in [6, 6.07) is 17.0. The molecule has 0 radical (unpaired) electrons. The maximum atomic E-state index is 14.7. The van der Waals surface area contributed by atoms with E-state index in [9.17, 15) is 23.7 Å². The minimum Gasteiger partial charge on any atom is -0.496 e. The number of alkyl carbamates (subject to hydrolysis) is 1. The highest BCUT2D eigenvalue weighted by molar-refractivity contribution is 7.80. The number of thiazole rings is 1. The number of aryl methyl sites for hydroxylation is 1. The van der Waals surface area contributed by atoms with Crippen molar-refractivity contribution < 1.29 is 37.5 Å². The Hall–Kier alpha value is -5.14. The van der Waals surface area contributed by atoms with Crippen LogP contribution in [0.3, 0.4) is 0 Å². The number of aromatic nitrogens is 1. The number of hydrogen-bond acceptors (Lipinski definition) is 12. The molecule has 2 saturated heterocycles. The van der Waals surface area contributed by atoms with Gasteiger partial charge in [-0.05, 0) is 108 Å². The van der Waals surface area contributed by atoms with Crippen molar-refractivity contribution in [2.24, 2.45) is 10.7 Å². The van der Waals surface area contributed by atoms with E-state index in [1.165, 1.54) is 16.3 Å². The average molecular weight is 877 g/mol. The lowest BCUT2D eigenvalue weighted by atomic mass is 9.84. The number of carbonyl (C=O) groups excluding carboxylic acids is 3. The first-order chi connectivity index (χ1) is 29.0. The number of benzene rings is 3. The van der Waals surface area contributed by atoms with Crippen LogP contribution in [-0.2, 0) is 36.1 Å². The molecule has 61 heavy (non-hydrogen) atoms. The second kappa shape index (κ2) is 19.3. The lowest BCUT2D eigenvalue weighted by molar-refractivity contribution is -0.167. The molecule has 5 atom stereocenters. The number of carbonyl (C=O) groups is 3. The van der Waals surface area contributed by atoms with Gasteiger partial charge in [0.2, 0.25) is 22.9 Å². The van der Waals surface area contributed by atoms with Crippen molar-refractivity contribution in [3.05, 3.63) is 87.9 Å². The van der Waals surface area contributed by atoms with Crippen LogP contribution in [0, 0.1) is 20.8 Å². The van der Waals surface area contributed by atoms with Crippen molar-refractivity contribution in [3.63, 3.8) is 0 Å². The Bertz CT molecular complexity index is 2250. The fourth-order valence-corrected chi connectivity index (χ4v) is 9.76. The molecule has 328 valence electrons.